The molecule has 0 aliphatic heterocycles. The summed E-state index contributed by atoms with van der Waals surface area (Å²) in [5.74, 6) is 0.530. The van der Waals surface area contributed by atoms with Gasteiger partial charge in [0, 0.05) is 17.1 Å². The third kappa shape index (κ3) is 4.36. The standard InChI is InChI=1S/C12H17BrN2O2/c1-8(14)5-6-15-12(16)10-7-9(17-2)3-4-11(10)13/h3-4,7-8H,5-6,14H2,1-2H3,(H,15,16). The van der Waals surface area contributed by atoms with Gasteiger partial charge in [-0.15, -0.1) is 0 Å². The highest BCUT2D eigenvalue weighted by Gasteiger charge is 2.10. The quantitative estimate of drug-likeness (QED) is 0.873. The summed E-state index contributed by atoms with van der Waals surface area (Å²) in [6, 6.07) is 5.37. The molecule has 5 heteroatoms. The first-order chi connectivity index (χ1) is 8.04. The summed E-state index contributed by atoms with van der Waals surface area (Å²) in [4.78, 5) is 11.9. The number of hydrogen-bond acceptors (Lipinski definition) is 3. The van der Waals surface area contributed by atoms with E-state index in [4.69, 9.17) is 10.5 Å². The first kappa shape index (κ1) is 14.0. The molecule has 0 aliphatic carbocycles. The van der Waals surface area contributed by atoms with E-state index in [-0.39, 0.29) is 11.9 Å². The predicted molar refractivity (Wildman–Crippen MR) is 71.3 cm³/mol. The maximum Gasteiger partial charge on any atom is 0.252 e. The number of carbonyl (C=O) groups excluding carboxylic acids is 1. The van der Waals surface area contributed by atoms with Gasteiger partial charge in [0.15, 0.2) is 0 Å². The van der Waals surface area contributed by atoms with E-state index in [0.717, 1.165) is 10.9 Å². The lowest BCUT2D eigenvalue weighted by atomic mass is 10.2. The van der Waals surface area contributed by atoms with Crippen LogP contribution in [-0.2, 0) is 0 Å². The maximum absolute atomic E-state index is 11.9. The van der Waals surface area contributed by atoms with Gasteiger partial charge < -0.3 is 15.8 Å². The molecule has 4 nitrogen and oxygen atoms in total. The molecule has 1 atom stereocenters. The molecule has 0 saturated heterocycles. The number of halogens is 1. The Labute approximate surface area is 110 Å². The summed E-state index contributed by atoms with van der Waals surface area (Å²) in [6.07, 6.45) is 0.757. The number of carbonyl (C=O) groups is 1. The lowest BCUT2D eigenvalue weighted by molar-refractivity contribution is 0.0951. The summed E-state index contributed by atoms with van der Waals surface area (Å²) in [6.45, 7) is 2.48. The number of amides is 1. The Hall–Kier alpha value is -1.07. The van der Waals surface area contributed by atoms with E-state index < -0.39 is 0 Å². The van der Waals surface area contributed by atoms with Gasteiger partial charge in [0.05, 0.1) is 12.7 Å². The number of ether oxygens (including phenoxy) is 1. The van der Waals surface area contributed by atoms with Gasteiger partial charge in [0.2, 0.25) is 0 Å². The highest BCUT2D eigenvalue weighted by molar-refractivity contribution is 9.10. The van der Waals surface area contributed by atoms with Crippen LogP contribution < -0.4 is 15.8 Å². The minimum Gasteiger partial charge on any atom is -0.497 e. The zero-order valence-electron chi connectivity index (χ0n) is 10.00. The third-order valence-electron chi connectivity index (χ3n) is 2.30. The summed E-state index contributed by atoms with van der Waals surface area (Å²) in [7, 11) is 1.57. The largest absolute Gasteiger partial charge is 0.497 e. The first-order valence-electron chi connectivity index (χ1n) is 5.42. The van der Waals surface area contributed by atoms with Gasteiger partial charge in [0.1, 0.15) is 5.75 Å². The molecule has 3 N–H and O–H groups in total. The van der Waals surface area contributed by atoms with Crippen LogP contribution in [0.25, 0.3) is 0 Å². The number of hydrogen-bond donors (Lipinski definition) is 2. The van der Waals surface area contributed by atoms with Crippen molar-refractivity contribution in [2.24, 2.45) is 5.73 Å². The van der Waals surface area contributed by atoms with Crippen LogP contribution in [0, 0.1) is 0 Å². The first-order valence-corrected chi connectivity index (χ1v) is 6.21. The molecule has 0 fully saturated rings. The van der Waals surface area contributed by atoms with E-state index in [9.17, 15) is 4.79 Å². The molecule has 1 aromatic carbocycles. The van der Waals surface area contributed by atoms with Crippen molar-refractivity contribution in [3.63, 3.8) is 0 Å². The fraction of sp³-hybridized carbons (Fsp3) is 0.417. The molecule has 1 amide bonds. The van der Waals surface area contributed by atoms with Crippen molar-refractivity contribution in [2.75, 3.05) is 13.7 Å². The van der Waals surface area contributed by atoms with E-state index >= 15 is 0 Å². The van der Waals surface area contributed by atoms with Crippen molar-refractivity contribution < 1.29 is 9.53 Å². The van der Waals surface area contributed by atoms with Crippen LogP contribution in [0.5, 0.6) is 5.75 Å². The van der Waals surface area contributed by atoms with Crippen molar-refractivity contribution in [2.45, 2.75) is 19.4 Å². The Morgan fingerprint density at radius 2 is 2.29 bits per heavy atom. The SMILES string of the molecule is COc1ccc(Br)c(C(=O)NCCC(C)N)c1. The molecule has 0 radical (unpaired) electrons. The molecule has 0 saturated carbocycles. The number of nitrogens with one attached hydrogen (secondary N) is 1. The summed E-state index contributed by atoms with van der Waals surface area (Å²) >= 11 is 3.34. The second kappa shape index (κ2) is 6.61. The molecular weight excluding hydrogens is 284 g/mol. The summed E-state index contributed by atoms with van der Waals surface area (Å²) in [5, 5.41) is 2.82. The Morgan fingerprint density at radius 1 is 1.59 bits per heavy atom. The highest BCUT2D eigenvalue weighted by Crippen LogP contribution is 2.22. The van der Waals surface area contributed by atoms with Gasteiger partial charge in [-0.1, -0.05) is 0 Å². The fourth-order valence-electron chi connectivity index (χ4n) is 1.31. The number of benzene rings is 1. The minimum atomic E-state index is -0.128. The lowest BCUT2D eigenvalue weighted by Gasteiger charge is -2.09. The average molecular weight is 301 g/mol. The second-order valence-electron chi connectivity index (χ2n) is 3.87. The molecule has 0 aromatic heterocycles. The zero-order valence-corrected chi connectivity index (χ0v) is 11.6. The van der Waals surface area contributed by atoms with Crippen molar-refractivity contribution in [1.29, 1.82) is 0 Å². The van der Waals surface area contributed by atoms with Crippen LogP contribution in [0.2, 0.25) is 0 Å². The van der Waals surface area contributed by atoms with Crippen molar-refractivity contribution in [3.05, 3.63) is 28.2 Å². The Bertz CT molecular complexity index is 394. The molecular formula is C12H17BrN2O2. The normalized spacial score (nSPS) is 12.0. The fourth-order valence-corrected chi connectivity index (χ4v) is 1.74. The average Bonchev–Trinajstić information content (AvgIpc) is 2.29. The summed E-state index contributed by atoms with van der Waals surface area (Å²) in [5.41, 5.74) is 6.18. The zero-order chi connectivity index (χ0) is 12.8. The van der Waals surface area contributed by atoms with E-state index in [1.165, 1.54) is 0 Å². The van der Waals surface area contributed by atoms with E-state index in [1.54, 1.807) is 25.3 Å². The Kier molecular flexibility index (Phi) is 5.44. The third-order valence-corrected chi connectivity index (χ3v) is 2.99. The van der Waals surface area contributed by atoms with Crippen molar-refractivity contribution in [1.82, 2.24) is 5.32 Å². The van der Waals surface area contributed by atoms with Crippen LogP contribution in [0.15, 0.2) is 22.7 Å². The maximum atomic E-state index is 11.9. The molecule has 0 aliphatic rings. The molecule has 0 spiro atoms. The van der Waals surface area contributed by atoms with Gasteiger partial charge in [-0.3, -0.25) is 4.79 Å². The van der Waals surface area contributed by atoms with Gasteiger partial charge in [-0.05, 0) is 47.5 Å². The van der Waals surface area contributed by atoms with Gasteiger partial charge in [-0.25, -0.2) is 0 Å². The van der Waals surface area contributed by atoms with Crippen molar-refractivity contribution in [3.8, 4) is 5.75 Å². The highest BCUT2D eigenvalue weighted by atomic mass is 79.9. The van der Waals surface area contributed by atoms with Gasteiger partial charge in [-0.2, -0.15) is 0 Å². The van der Waals surface area contributed by atoms with E-state index in [2.05, 4.69) is 21.2 Å². The molecule has 1 unspecified atom stereocenters. The molecule has 1 rings (SSSR count). The van der Waals surface area contributed by atoms with Crippen LogP contribution >= 0.6 is 15.9 Å². The van der Waals surface area contributed by atoms with Crippen LogP contribution in [0.4, 0.5) is 0 Å². The van der Waals surface area contributed by atoms with Crippen molar-refractivity contribution >= 4 is 21.8 Å². The van der Waals surface area contributed by atoms with Gasteiger partial charge >= 0.3 is 0 Å². The lowest BCUT2D eigenvalue weighted by Crippen LogP contribution is -2.29. The number of methoxy groups -OCH3 is 1. The predicted octanol–water partition coefficient (Wildman–Crippen LogP) is 1.92. The number of nitrogens with two attached hydrogens (primary N) is 1. The molecule has 0 heterocycles. The van der Waals surface area contributed by atoms with Gasteiger partial charge in [0.25, 0.3) is 5.91 Å². The summed E-state index contributed by atoms with van der Waals surface area (Å²) < 4.78 is 5.83. The van der Waals surface area contributed by atoms with E-state index in [0.29, 0.717) is 17.9 Å². The molecule has 0 bridgehead atoms. The smallest absolute Gasteiger partial charge is 0.252 e. The molecule has 1 aromatic rings. The molecule has 94 valence electrons. The van der Waals surface area contributed by atoms with Crippen LogP contribution in [-0.4, -0.2) is 25.6 Å². The minimum absolute atomic E-state index is 0.0871. The topological polar surface area (TPSA) is 64.3 Å². The van der Waals surface area contributed by atoms with Crippen LogP contribution in [0.1, 0.15) is 23.7 Å². The Balaban J connectivity index is 2.67. The monoisotopic (exact) mass is 300 g/mol. The van der Waals surface area contributed by atoms with Crippen LogP contribution in [0.3, 0.4) is 0 Å². The second-order valence-corrected chi connectivity index (χ2v) is 4.72. The number of rotatable bonds is 5. The Morgan fingerprint density at radius 3 is 2.88 bits per heavy atom. The van der Waals surface area contributed by atoms with E-state index in [1.807, 2.05) is 6.92 Å². The molecule has 17 heavy (non-hydrogen) atoms.